The zero-order valence-corrected chi connectivity index (χ0v) is 87.9. The van der Waals surface area contributed by atoms with Crippen LogP contribution in [0.25, 0.3) is 33.4 Å². The Morgan fingerprint density at radius 3 is 1.40 bits per heavy atom. The number of carbonyl (C=O) groups excluding carboxylic acids is 10. The second-order valence-electron chi connectivity index (χ2n) is 43.7. The number of aromatic nitrogens is 6. The second kappa shape index (κ2) is 46.6. The first-order valence-corrected chi connectivity index (χ1v) is 55.5. The van der Waals surface area contributed by atoms with Crippen LogP contribution in [0.1, 0.15) is 263 Å². The third-order valence-corrected chi connectivity index (χ3v) is 33.1. The lowest BCUT2D eigenvalue weighted by Crippen LogP contribution is -2.57. The number of nitrogens with one attached hydrogen (secondary N) is 7. The van der Waals surface area contributed by atoms with Crippen LogP contribution in [0.4, 0.5) is 20.1 Å². The highest BCUT2D eigenvalue weighted by molar-refractivity contribution is 7.08. The highest BCUT2D eigenvalue weighted by atomic mass is 32.1. The van der Waals surface area contributed by atoms with Gasteiger partial charge in [0.25, 0.3) is 17.0 Å². The molecule has 0 aromatic carbocycles. The van der Waals surface area contributed by atoms with Gasteiger partial charge in [0.05, 0.1) is 53.3 Å². The molecule has 12 aliphatic rings. The predicted octanol–water partition coefficient (Wildman–Crippen LogP) is 12.8. The Morgan fingerprint density at radius 1 is 0.453 bits per heavy atom. The molecule has 150 heavy (non-hydrogen) atoms. The molecule has 4 aliphatic carbocycles. The van der Waals surface area contributed by atoms with Crippen LogP contribution in [0.5, 0.6) is 0 Å². The molecule has 800 valence electrons. The molecule has 11 amide bonds. The first-order valence-electron chi connectivity index (χ1n) is 52.7. The number of rotatable bonds is 16. The van der Waals surface area contributed by atoms with Crippen LogP contribution in [0, 0.1) is 17.8 Å². The van der Waals surface area contributed by atoms with E-state index in [0.29, 0.717) is 111 Å². The van der Waals surface area contributed by atoms with Crippen molar-refractivity contribution < 1.29 is 87.1 Å². The average Bonchev–Trinajstić information content (AvgIpc) is 1.58. The number of allylic oxidation sites excluding steroid dienone is 1. The van der Waals surface area contributed by atoms with Gasteiger partial charge in [0.2, 0.25) is 35.4 Å². The number of alkyl carbamates (subject to hydrolysis) is 2. The molecule has 0 spiro atoms. The number of anilines is 1. The zero-order chi connectivity index (χ0) is 106. The Hall–Kier alpha value is -13.4. The van der Waals surface area contributed by atoms with E-state index in [0.717, 1.165) is 113 Å². The Bertz CT molecular complexity index is 6320. The number of hydrazone groups is 1. The van der Waals surface area contributed by atoms with Crippen LogP contribution >= 0.6 is 34.0 Å². The van der Waals surface area contributed by atoms with Gasteiger partial charge in [0, 0.05) is 123 Å². The maximum absolute atomic E-state index is 14.5. The minimum absolute atomic E-state index is 0.00270. The lowest BCUT2D eigenvalue weighted by Gasteiger charge is -2.35. The fourth-order valence-corrected chi connectivity index (χ4v) is 25.0. The van der Waals surface area contributed by atoms with Gasteiger partial charge >= 0.3 is 36.1 Å². The van der Waals surface area contributed by atoms with Gasteiger partial charge in [-0.25, -0.2) is 43.1 Å². The molecule has 5 saturated heterocycles. The van der Waals surface area contributed by atoms with Crippen LogP contribution in [0.2, 0.25) is 0 Å². The maximum atomic E-state index is 14.5. The summed E-state index contributed by atoms with van der Waals surface area (Å²) in [5.74, 6) is -8.26. The number of pyridine rings is 2. The molecule has 7 aromatic heterocycles. The molecule has 39 nitrogen and oxygen atoms in total. The van der Waals surface area contributed by atoms with E-state index in [1.165, 1.54) is 51.7 Å². The van der Waals surface area contributed by atoms with Gasteiger partial charge in [-0.2, -0.15) is 49.3 Å². The standard InChI is InChI=1S/C37H45N7O7.C36H44N6O6S2.C35H46N6O7S/c1-36(2,3)51-35(50)41-28-14-8-6-4-5-7-13-25-18-37(25,34(48)49)42-31(45)29-17-26(22-43(29)32(28)46)44-33(47)30(24-12-10-16-39-20-24)27(21-40-44)23-11-9-15-38-19-23;43-31-29-16-26(42-33(45)30(23-13-15-50-21-23)27(18-37-42)22-12-14-49-20-22)19-41(29)32(44)28(39-35(48)38-25-9-6-7-10-25)11-5-3-1-2-4-8-24-17-36(24,40-31)34(46)47;1-34(2,3)48-33(47)37-25-12-8-6-4-5-7-11-23-18-35(23,32(45)46)38-29(42)26-17-24(20-40(26)30(25)43)41-31(44)28(22-13-16-49-21-22)27(19-36-41)39-14-9-10-15-39/h9-12,15-16,19-21,25-26,28-29H,4-8,13-14,17-18,22H2,1-3H3,(H,41,50)(H,42,45)(H,48,49);4,8,12-15,18,20-21,24-30H,1-3,5-7,9-11,16-17,19H2,(H,40,43)(H,46,47)(H2,38,39,48);9-10,13,16,19,21,23-26H,4-8,11-12,14-15,17-18,20H2,1-3H3,(H,37,47)(H,38,42)(H,45,46)/b;8-4-;/t25-,26+,28-,29?,37+;24-,26+,27-,28-,29?,30?,36+;23-,24+,25-,26?,35+/m111/s1. The van der Waals surface area contributed by atoms with Gasteiger partial charge in [-0.1, -0.05) is 126 Å². The lowest BCUT2D eigenvalue weighted by atomic mass is 9.82. The normalized spacial score (nSPS) is 28.8. The summed E-state index contributed by atoms with van der Waals surface area (Å²) in [7, 11) is 0. The molecule has 8 aliphatic heterocycles. The smallest absolute Gasteiger partial charge is 0.408 e. The van der Waals surface area contributed by atoms with Gasteiger partial charge in [-0.3, -0.25) is 53.1 Å². The number of carboxylic acid groups (broad SMARTS) is 3. The number of carbonyl (C=O) groups is 13. The van der Waals surface area contributed by atoms with Crippen molar-refractivity contribution >= 4 is 123 Å². The Morgan fingerprint density at radius 2 is 0.907 bits per heavy atom. The minimum Gasteiger partial charge on any atom is -0.479 e. The summed E-state index contributed by atoms with van der Waals surface area (Å²) in [5.41, 5.74) is -0.667. The van der Waals surface area contributed by atoms with Crippen molar-refractivity contribution in [2.45, 2.75) is 328 Å². The lowest BCUT2D eigenvalue weighted by molar-refractivity contribution is -0.146. The zero-order valence-electron chi connectivity index (χ0n) is 85.4. The van der Waals surface area contributed by atoms with Gasteiger partial charge < -0.3 is 81.6 Å². The van der Waals surface area contributed by atoms with E-state index in [-0.39, 0.29) is 86.5 Å². The van der Waals surface area contributed by atoms with Crippen LogP contribution in [-0.2, 0) is 57.4 Å². The number of aliphatic carboxylic acids is 3. The van der Waals surface area contributed by atoms with Gasteiger partial charge in [0.15, 0.2) is 0 Å². The molecule has 42 heteroatoms. The summed E-state index contributed by atoms with van der Waals surface area (Å²) in [6, 6.07) is 4.36. The molecule has 0 radical (unpaired) electrons. The summed E-state index contributed by atoms with van der Waals surface area (Å²) in [4.78, 5) is 220. The van der Waals surface area contributed by atoms with Crippen LogP contribution in [0.15, 0.2) is 151 Å². The number of fused-ring (bicyclic) bond motifs is 6. The number of urea groups is 1. The van der Waals surface area contributed by atoms with E-state index in [9.17, 15) is 87.2 Å². The molecule has 10 N–H and O–H groups in total. The fraction of sp³-hybridized carbons (Fsp3) is 0.556. The van der Waals surface area contributed by atoms with Crippen molar-refractivity contribution in [1.29, 1.82) is 0 Å². The maximum Gasteiger partial charge on any atom is 0.408 e. The molecule has 7 aromatic rings. The second-order valence-corrected chi connectivity index (χ2v) is 46.0. The highest BCUT2D eigenvalue weighted by Crippen LogP contribution is 2.51. The number of thiophene rings is 3. The third-order valence-electron chi connectivity index (χ3n) is 31.0. The van der Waals surface area contributed by atoms with E-state index < -0.39 is 165 Å². The van der Waals surface area contributed by atoms with E-state index >= 15 is 0 Å². The molecular weight excluding hydrogens is 1980 g/mol. The molecule has 4 unspecified atom stereocenters. The number of hydrogen-bond donors (Lipinski definition) is 10. The fourth-order valence-electron chi connectivity index (χ4n) is 22.9. The Balaban J connectivity index is 0.000000153. The van der Waals surface area contributed by atoms with E-state index in [1.807, 2.05) is 80.8 Å². The van der Waals surface area contributed by atoms with Crippen molar-refractivity contribution in [3.63, 3.8) is 0 Å². The van der Waals surface area contributed by atoms with Gasteiger partial charge in [-0.05, 0) is 204 Å². The molecule has 0 bridgehead atoms. The van der Waals surface area contributed by atoms with Crippen molar-refractivity contribution in [2.75, 3.05) is 37.6 Å². The molecule has 19 rings (SSSR count). The molecular formula is C108H135N19O20S3. The monoisotopic (exact) mass is 2110 g/mol. The summed E-state index contributed by atoms with van der Waals surface area (Å²) >= 11 is 4.54. The summed E-state index contributed by atoms with van der Waals surface area (Å²) in [6.45, 7) is 11.6. The van der Waals surface area contributed by atoms with Gasteiger partial charge in [-0.15, -0.1) is 0 Å². The number of carboxylic acids is 3. The Labute approximate surface area is 881 Å². The van der Waals surface area contributed by atoms with Crippen LogP contribution in [0.3, 0.4) is 0 Å². The summed E-state index contributed by atoms with van der Waals surface area (Å²) in [5, 5.41) is 77.4. The SMILES string of the molecule is CC(C)(C)OC(=O)N[C@@H]1CCCCCCC[C@@H]2C[C@]2(C(=O)O)NC(=O)C2C[C@H](n3ncc(-c4cccnc4)c(-c4cccnc4)c3=O)CN2C1=O.CC(C)(C)OC(=O)N[C@@H]1CCCCCCC[C@@H]2C[C@]2(C(=O)O)NC(=O)C2C[C@H](n3ncc(N4CC=CC4)c(-c4ccsc4)c3=O)CN2C1=O.O=C(NC1CCCC1)N[C@@H]1CCCCC/C=C\[C@@H]2C[C@]2(C(=O)O)NC(=O)C2C[C@H](N3N=C[C@H](c4ccsc4)C(c4ccsc4)C3=O)CN2C1=O. The highest BCUT2D eigenvalue weighted by Gasteiger charge is 2.65. The average molecular weight is 2120 g/mol. The third kappa shape index (κ3) is 24.6. The first kappa shape index (κ1) is 108. The quantitative estimate of drug-likeness (QED) is 0.0402. The number of hydrogen-bond acceptors (Lipinski definition) is 26. The molecule has 4 saturated carbocycles. The van der Waals surface area contributed by atoms with Crippen LogP contribution < -0.4 is 53.2 Å². The van der Waals surface area contributed by atoms with Crippen molar-refractivity contribution in [1.82, 2.24) is 86.5 Å². The summed E-state index contributed by atoms with van der Waals surface area (Å²) < 4.78 is 13.6. The van der Waals surface area contributed by atoms with Crippen molar-refractivity contribution in [3.8, 4) is 33.4 Å². The number of ether oxygens (including phenoxy) is 2. The van der Waals surface area contributed by atoms with Gasteiger partial charge in [0.1, 0.15) is 64.1 Å². The Kier molecular flexibility index (Phi) is 33.5. The number of amides is 11. The largest absolute Gasteiger partial charge is 0.479 e. The molecule has 9 fully saturated rings. The molecule has 15 heterocycles. The minimum atomic E-state index is -1.45. The van der Waals surface area contributed by atoms with E-state index in [2.05, 4.69) is 67.4 Å². The molecule has 17 atom stereocenters. The summed E-state index contributed by atoms with van der Waals surface area (Å²) in [6.07, 6.45) is 36.6. The van der Waals surface area contributed by atoms with E-state index in [4.69, 9.17) is 9.47 Å². The van der Waals surface area contributed by atoms with Crippen molar-refractivity contribution in [2.24, 2.45) is 22.9 Å². The topological polar surface area (TPSA) is 509 Å². The first-order chi connectivity index (χ1) is 72.0. The van der Waals surface area contributed by atoms with E-state index in [1.54, 1.807) is 114 Å². The number of nitrogens with zero attached hydrogens (tertiary/aromatic N) is 12. The van der Waals surface area contributed by atoms with Crippen molar-refractivity contribution in [3.05, 3.63) is 168 Å². The van der Waals surface area contributed by atoms with Crippen LogP contribution in [-0.4, -0.2) is 257 Å². The predicted molar refractivity (Wildman–Crippen MR) is 561 cm³/mol.